The quantitative estimate of drug-likeness (QED) is 0.399. The summed E-state index contributed by atoms with van der Waals surface area (Å²) in [6.45, 7) is 5.32. The molecule has 3 atom stereocenters. The Morgan fingerprint density at radius 2 is 2.11 bits per heavy atom. The zero-order valence-electron chi connectivity index (χ0n) is 16.0. The molecule has 1 aliphatic carbocycles. The molecule has 152 valence electrons. The molecule has 8 heteroatoms. The number of nitrogens with zero attached hydrogens (tertiary/aromatic N) is 1. The SMILES string of the molecule is CCNC(=NCCOc1ccc(F)c(F)c1)NC1CCCC(S(=O)CC)C1. The summed E-state index contributed by atoms with van der Waals surface area (Å²) in [5.74, 6) is -0.151. The third-order valence-corrected chi connectivity index (χ3v) is 6.23. The van der Waals surface area contributed by atoms with Crippen LogP contribution in [0.15, 0.2) is 23.2 Å². The lowest BCUT2D eigenvalue weighted by Gasteiger charge is -2.30. The van der Waals surface area contributed by atoms with Gasteiger partial charge in [0.1, 0.15) is 12.4 Å². The predicted molar refractivity (Wildman–Crippen MR) is 106 cm³/mol. The predicted octanol–water partition coefficient (Wildman–Crippen LogP) is 2.98. The fourth-order valence-corrected chi connectivity index (χ4v) is 4.50. The molecule has 0 aromatic heterocycles. The van der Waals surface area contributed by atoms with Gasteiger partial charge in [-0.2, -0.15) is 0 Å². The first-order valence-electron chi connectivity index (χ1n) is 9.53. The molecule has 0 bridgehead atoms. The molecular formula is C19H29F2N3O2S. The van der Waals surface area contributed by atoms with Gasteiger partial charge < -0.3 is 15.4 Å². The molecule has 0 radical (unpaired) electrons. The van der Waals surface area contributed by atoms with Gasteiger partial charge in [0.2, 0.25) is 0 Å². The van der Waals surface area contributed by atoms with E-state index in [4.69, 9.17) is 4.74 Å². The van der Waals surface area contributed by atoms with Crippen LogP contribution < -0.4 is 15.4 Å². The molecule has 1 aromatic carbocycles. The molecule has 0 saturated heterocycles. The van der Waals surface area contributed by atoms with Crippen LogP contribution in [-0.2, 0) is 10.8 Å². The van der Waals surface area contributed by atoms with E-state index in [-0.39, 0.29) is 23.6 Å². The van der Waals surface area contributed by atoms with Crippen LogP contribution in [0.25, 0.3) is 0 Å². The average Bonchev–Trinajstić information content (AvgIpc) is 2.67. The lowest BCUT2D eigenvalue weighted by Crippen LogP contribution is -2.46. The smallest absolute Gasteiger partial charge is 0.191 e. The zero-order chi connectivity index (χ0) is 19.6. The summed E-state index contributed by atoms with van der Waals surface area (Å²) in [7, 11) is -0.762. The van der Waals surface area contributed by atoms with E-state index in [0.29, 0.717) is 18.3 Å². The second-order valence-electron chi connectivity index (χ2n) is 6.48. The summed E-state index contributed by atoms with van der Waals surface area (Å²) < 4.78 is 43.6. The van der Waals surface area contributed by atoms with Crippen molar-refractivity contribution in [2.24, 2.45) is 4.99 Å². The normalized spacial score (nSPS) is 21.6. The van der Waals surface area contributed by atoms with Crippen molar-refractivity contribution in [3.05, 3.63) is 29.8 Å². The van der Waals surface area contributed by atoms with Gasteiger partial charge in [0, 0.05) is 40.5 Å². The van der Waals surface area contributed by atoms with Crippen molar-refractivity contribution in [1.82, 2.24) is 10.6 Å². The van der Waals surface area contributed by atoms with Gasteiger partial charge in [-0.1, -0.05) is 13.3 Å². The van der Waals surface area contributed by atoms with E-state index in [9.17, 15) is 13.0 Å². The minimum Gasteiger partial charge on any atom is -0.492 e. The number of halogens is 2. The van der Waals surface area contributed by atoms with Crippen LogP contribution in [0.5, 0.6) is 5.75 Å². The second-order valence-corrected chi connectivity index (χ2v) is 8.49. The fourth-order valence-electron chi connectivity index (χ4n) is 3.15. The average molecular weight is 402 g/mol. The zero-order valence-corrected chi connectivity index (χ0v) is 16.8. The van der Waals surface area contributed by atoms with Gasteiger partial charge in [0.25, 0.3) is 0 Å². The highest BCUT2D eigenvalue weighted by atomic mass is 32.2. The molecule has 1 fully saturated rings. The highest BCUT2D eigenvalue weighted by Gasteiger charge is 2.25. The topological polar surface area (TPSA) is 62.7 Å². The van der Waals surface area contributed by atoms with Gasteiger partial charge in [-0.15, -0.1) is 0 Å². The van der Waals surface area contributed by atoms with E-state index < -0.39 is 22.4 Å². The molecule has 2 rings (SSSR count). The van der Waals surface area contributed by atoms with Gasteiger partial charge in [-0.05, 0) is 38.3 Å². The van der Waals surface area contributed by atoms with E-state index >= 15 is 0 Å². The summed E-state index contributed by atoms with van der Waals surface area (Å²) in [4.78, 5) is 4.48. The van der Waals surface area contributed by atoms with E-state index in [1.807, 2.05) is 13.8 Å². The Kier molecular flexibility index (Phi) is 8.97. The molecule has 0 aliphatic heterocycles. The molecule has 3 unspecified atom stereocenters. The maximum absolute atomic E-state index is 13.2. The van der Waals surface area contributed by atoms with Crippen LogP contribution in [-0.4, -0.2) is 46.9 Å². The highest BCUT2D eigenvalue weighted by Crippen LogP contribution is 2.23. The van der Waals surface area contributed by atoms with Crippen molar-refractivity contribution in [3.63, 3.8) is 0 Å². The van der Waals surface area contributed by atoms with Crippen molar-refractivity contribution in [3.8, 4) is 5.75 Å². The summed E-state index contributed by atoms with van der Waals surface area (Å²) in [5.41, 5.74) is 0. The first-order valence-corrected chi connectivity index (χ1v) is 10.9. The minimum absolute atomic E-state index is 0.251. The molecule has 27 heavy (non-hydrogen) atoms. The Morgan fingerprint density at radius 1 is 1.30 bits per heavy atom. The van der Waals surface area contributed by atoms with Crippen molar-refractivity contribution >= 4 is 16.8 Å². The summed E-state index contributed by atoms with van der Waals surface area (Å²) >= 11 is 0. The summed E-state index contributed by atoms with van der Waals surface area (Å²) in [6, 6.07) is 3.71. The summed E-state index contributed by atoms with van der Waals surface area (Å²) in [5, 5.41) is 6.87. The second kappa shape index (κ2) is 11.2. The maximum Gasteiger partial charge on any atom is 0.191 e. The third-order valence-electron chi connectivity index (χ3n) is 4.49. The maximum atomic E-state index is 13.2. The highest BCUT2D eigenvalue weighted by molar-refractivity contribution is 7.85. The first-order chi connectivity index (χ1) is 13.0. The van der Waals surface area contributed by atoms with E-state index in [2.05, 4.69) is 15.6 Å². The van der Waals surface area contributed by atoms with Crippen molar-refractivity contribution in [1.29, 1.82) is 0 Å². The molecule has 1 aromatic rings. The molecule has 0 amide bonds. The number of rotatable bonds is 8. The molecular weight excluding hydrogens is 372 g/mol. The number of guanidine groups is 1. The van der Waals surface area contributed by atoms with Crippen molar-refractivity contribution < 1.29 is 17.7 Å². The van der Waals surface area contributed by atoms with Gasteiger partial charge in [0.05, 0.1) is 6.54 Å². The number of ether oxygens (including phenoxy) is 1. The lowest BCUT2D eigenvalue weighted by atomic mass is 9.95. The van der Waals surface area contributed by atoms with Crippen LogP contribution in [0.3, 0.4) is 0 Å². The Morgan fingerprint density at radius 3 is 2.81 bits per heavy atom. The largest absolute Gasteiger partial charge is 0.492 e. The van der Waals surface area contributed by atoms with E-state index in [0.717, 1.165) is 44.4 Å². The molecule has 2 N–H and O–H groups in total. The standard InChI is InChI=1S/C19H29F2N3O2S/c1-3-22-19(24-14-6-5-7-16(12-14)27(25)4-2)23-10-11-26-15-8-9-17(20)18(21)13-15/h8-9,13-14,16H,3-7,10-12H2,1-2H3,(H2,22,23,24). The van der Waals surface area contributed by atoms with Gasteiger partial charge in [-0.3, -0.25) is 4.21 Å². The van der Waals surface area contributed by atoms with Crippen molar-refractivity contribution in [2.75, 3.05) is 25.4 Å². The Balaban J connectivity index is 1.84. The number of nitrogens with one attached hydrogen (secondary N) is 2. The van der Waals surface area contributed by atoms with Crippen LogP contribution in [0.2, 0.25) is 0 Å². The molecule has 1 aliphatic rings. The Labute approximate surface area is 162 Å². The number of hydrogen-bond donors (Lipinski definition) is 2. The van der Waals surface area contributed by atoms with E-state index in [1.54, 1.807) is 0 Å². The minimum atomic E-state index is -0.928. The van der Waals surface area contributed by atoms with Crippen LogP contribution in [0, 0.1) is 11.6 Å². The van der Waals surface area contributed by atoms with Gasteiger partial charge in [-0.25, -0.2) is 13.8 Å². The number of aliphatic imine (C=N–C) groups is 1. The molecule has 0 spiro atoms. The Hall–Kier alpha value is -1.70. The first kappa shape index (κ1) is 21.6. The van der Waals surface area contributed by atoms with Crippen molar-refractivity contribution in [2.45, 2.75) is 50.8 Å². The van der Waals surface area contributed by atoms with Crippen LogP contribution in [0.4, 0.5) is 8.78 Å². The van der Waals surface area contributed by atoms with Gasteiger partial charge >= 0.3 is 0 Å². The number of hydrogen-bond acceptors (Lipinski definition) is 3. The van der Waals surface area contributed by atoms with Crippen LogP contribution in [0.1, 0.15) is 39.5 Å². The fraction of sp³-hybridized carbons (Fsp3) is 0.632. The third kappa shape index (κ3) is 7.08. The Bertz CT molecular complexity index is 658. The number of benzene rings is 1. The van der Waals surface area contributed by atoms with E-state index in [1.165, 1.54) is 6.07 Å². The lowest BCUT2D eigenvalue weighted by molar-refractivity contribution is 0.324. The molecule has 0 heterocycles. The molecule has 1 saturated carbocycles. The molecule has 5 nitrogen and oxygen atoms in total. The van der Waals surface area contributed by atoms with Gasteiger partial charge in [0.15, 0.2) is 17.6 Å². The van der Waals surface area contributed by atoms with Crippen LogP contribution >= 0.6 is 0 Å². The summed E-state index contributed by atoms with van der Waals surface area (Å²) in [6.07, 6.45) is 4.00. The monoisotopic (exact) mass is 401 g/mol.